The highest BCUT2D eigenvalue weighted by molar-refractivity contribution is 6.34. The molecule has 0 unspecified atom stereocenters. The molecule has 1 aromatic heterocycles. The Hall–Kier alpha value is -2.07. The van der Waals surface area contributed by atoms with Gasteiger partial charge in [-0.3, -0.25) is 9.78 Å². The zero-order valence-electron chi connectivity index (χ0n) is 9.56. The lowest BCUT2D eigenvalue weighted by molar-refractivity contribution is 0.0950. The Morgan fingerprint density at radius 3 is 2.89 bits per heavy atom. The van der Waals surface area contributed by atoms with Crippen LogP contribution in [0.2, 0.25) is 5.02 Å². The lowest BCUT2D eigenvalue weighted by Crippen LogP contribution is -2.23. The second-order valence-electron chi connectivity index (χ2n) is 3.74. The molecule has 1 amide bonds. The number of nitrogens with two attached hydrogens (primary N) is 1. The van der Waals surface area contributed by atoms with Gasteiger partial charge in [0.05, 0.1) is 22.8 Å². The smallest absolute Gasteiger partial charge is 0.253 e. The van der Waals surface area contributed by atoms with E-state index in [4.69, 9.17) is 17.3 Å². The summed E-state index contributed by atoms with van der Waals surface area (Å²) in [4.78, 5) is 16.0. The monoisotopic (exact) mass is 261 g/mol. The number of hydrogen-bond donors (Lipinski definition) is 2. The summed E-state index contributed by atoms with van der Waals surface area (Å²) in [7, 11) is 0. The van der Waals surface area contributed by atoms with Crippen molar-refractivity contribution in [1.82, 2.24) is 10.3 Å². The van der Waals surface area contributed by atoms with Crippen molar-refractivity contribution in [3.63, 3.8) is 0 Å². The van der Waals surface area contributed by atoms with Gasteiger partial charge in [0.2, 0.25) is 0 Å². The van der Waals surface area contributed by atoms with E-state index in [0.717, 1.165) is 5.69 Å². The zero-order valence-corrected chi connectivity index (χ0v) is 10.3. The number of halogens is 1. The number of carbonyl (C=O) groups is 1. The summed E-state index contributed by atoms with van der Waals surface area (Å²) >= 11 is 5.94. The number of anilines is 1. The molecule has 0 bridgehead atoms. The highest BCUT2D eigenvalue weighted by atomic mass is 35.5. The largest absolute Gasteiger partial charge is 0.399 e. The molecule has 1 heterocycles. The minimum atomic E-state index is -0.266. The Morgan fingerprint density at radius 2 is 2.17 bits per heavy atom. The molecule has 2 rings (SSSR count). The predicted octanol–water partition coefficient (Wildman–Crippen LogP) is 2.25. The van der Waals surface area contributed by atoms with E-state index in [0.29, 0.717) is 22.8 Å². The highest BCUT2D eigenvalue weighted by Gasteiger charge is 2.10. The Morgan fingerprint density at radius 1 is 1.33 bits per heavy atom. The highest BCUT2D eigenvalue weighted by Crippen LogP contribution is 2.18. The number of carbonyl (C=O) groups excluding carboxylic acids is 1. The first-order chi connectivity index (χ1) is 8.66. The number of aromatic nitrogens is 1. The standard InChI is InChI=1S/C13H12ClN3O/c14-12-5-4-9(15)7-11(12)13(18)17-8-10-3-1-2-6-16-10/h1-7H,8,15H2,(H,17,18). The van der Waals surface area contributed by atoms with E-state index < -0.39 is 0 Å². The second kappa shape index (κ2) is 5.51. The number of hydrogen-bond acceptors (Lipinski definition) is 3. The van der Waals surface area contributed by atoms with E-state index in [1.807, 2.05) is 18.2 Å². The SMILES string of the molecule is Nc1ccc(Cl)c(C(=O)NCc2ccccn2)c1. The summed E-state index contributed by atoms with van der Waals surface area (Å²) in [5.74, 6) is -0.266. The van der Waals surface area contributed by atoms with Crippen molar-refractivity contribution in [3.8, 4) is 0 Å². The van der Waals surface area contributed by atoms with Crippen LogP contribution in [0.4, 0.5) is 5.69 Å². The Bertz CT molecular complexity index is 557. The number of nitrogen functional groups attached to an aromatic ring is 1. The molecular weight excluding hydrogens is 250 g/mol. The molecule has 92 valence electrons. The maximum absolute atomic E-state index is 11.9. The summed E-state index contributed by atoms with van der Waals surface area (Å²) < 4.78 is 0. The molecule has 0 spiro atoms. The van der Waals surface area contributed by atoms with Gasteiger partial charge in [0, 0.05) is 11.9 Å². The fourth-order valence-corrected chi connectivity index (χ4v) is 1.69. The van der Waals surface area contributed by atoms with Crippen LogP contribution < -0.4 is 11.1 Å². The van der Waals surface area contributed by atoms with E-state index in [-0.39, 0.29) is 5.91 Å². The first kappa shape index (κ1) is 12.4. The molecule has 4 nitrogen and oxygen atoms in total. The van der Waals surface area contributed by atoms with Crippen LogP contribution in [-0.2, 0) is 6.54 Å². The number of rotatable bonds is 3. The van der Waals surface area contributed by atoms with Gasteiger partial charge in [-0.15, -0.1) is 0 Å². The van der Waals surface area contributed by atoms with Gasteiger partial charge in [-0.2, -0.15) is 0 Å². The molecular formula is C13H12ClN3O. The third kappa shape index (κ3) is 2.99. The molecule has 0 radical (unpaired) electrons. The minimum Gasteiger partial charge on any atom is -0.399 e. The average molecular weight is 262 g/mol. The normalized spacial score (nSPS) is 10.1. The van der Waals surface area contributed by atoms with Gasteiger partial charge in [-0.1, -0.05) is 17.7 Å². The van der Waals surface area contributed by atoms with Crippen LogP contribution in [-0.4, -0.2) is 10.9 Å². The van der Waals surface area contributed by atoms with E-state index in [1.165, 1.54) is 0 Å². The van der Waals surface area contributed by atoms with Crippen LogP contribution in [0.3, 0.4) is 0 Å². The van der Waals surface area contributed by atoms with Crippen molar-refractivity contribution in [2.24, 2.45) is 0 Å². The second-order valence-corrected chi connectivity index (χ2v) is 4.15. The predicted molar refractivity (Wildman–Crippen MR) is 71.3 cm³/mol. The van der Waals surface area contributed by atoms with Gasteiger partial charge in [-0.25, -0.2) is 0 Å². The van der Waals surface area contributed by atoms with Crippen LogP contribution in [0.1, 0.15) is 16.1 Å². The van der Waals surface area contributed by atoms with Crippen LogP contribution in [0.15, 0.2) is 42.6 Å². The molecule has 0 aliphatic rings. The fourth-order valence-electron chi connectivity index (χ4n) is 1.49. The van der Waals surface area contributed by atoms with Crippen molar-refractivity contribution in [3.05, 3.63) is 58.9 Å². The molecule has 3 N–H and O–H groups in total. The van der Waals surface area contributed by atoms with E-state index in [2.05, 4.69) is 10.3 Å². The molecule has 2 aromatic rings. The van der Waals surface area contributed by atoms with Crippen molar-refractivity contribution in [1.29, 1.82) is 0 Å². The molecule has 1 aromatic carbocycles. The fraction of sp³-hybridized carbons (Fsp3) is 0.0769. The van der Waals surface area contributed by atoms with Gasteiger partial charge < -0.3 is 11.1 Å². The van der Waals surface area contributed by atoms with E-state index >= 15 is 0 Å². The van der Waals surface area contributed by atoms with E-state index in [1.54, 1.807) is 24.4 Å². The summed E-state index contributed by atoms with van der Waals surface area (Å²) in [5.41, 5.74) is 7.28. The number of pyridine rings is 1. The van der Waals surface area contributed by atoms with Gasteiger partial charge in [-0.05, 0) is 30.3 Å². The molecule has 0 fully saturated rings. The molecule has 0 saturated carbocycles. The number of nitrogens with one attached hydrogen (secondary N) is 1. The maximum atomic E-state index is 11.9. The number of nitrogens with zero attached hydrogens (tertiary/aromatic N) is 1. The zero-order chi connectivity index (χ0) is 13.0. The number of benzene rings is 1. The number of amides is 1. The van der Waals surface area contributed by atoms with Gasteiger partial charge in [0.15, 0.2) is 0 Å². The van der Waals surface area contributed by atoms with Crippen molar-refractivity contribution < 1.29 is 4.79 Å². The van der Waals surface area contributed by atoms with Gasteiger partial charge in [0.25, 0.3) is 5.91 Å². The molecule has 0 atom stereocenters. The van der Waals surface area contributed by atoms with E-state index in [9.17, 15) is 4.79 Å². The van der Waals surface area contributed by atoms with Crippen molar-refractivity contribution >= 4 is 23.2 Å². The van der Waals surface area contributed by atoms with Gasteiger partial charge in [0.1, 0.15) is 0 Å². The summed E-state index contributed by atoms with van der Waals surface area (Å²) in [5, 5.41) is 3.12. The lowest BCUT2D eigenvalue weighted by atomic mass is 10.2. The topological polar surface area (TPSA) is 68.0 Å². The Balaban J connectivity index is 2.06. The lowest BCUT2D eigenvalue weighted by Gasteiger charge is -2.07. The van der Waals surface area contributed by atoms with Crippen LogP contribution >= 0.6 is 11.6 Å². The van der Waals surface area contributed by atoms with Crippen LogP contribution in [0.25, 0.3) is 0 Å². The summed E-state index contributed by atoms with van der Waals surface area (Å²) in [6.07, 6.45) is 1.68. The summed E-state index contributed by atoms with van der Waals surface area (Å²) in [6.45, 7) is 0.352. The third-order valence-corrected chi connectivity index (χ3v) is 2.72. The minimum absolute atomic E-state index is 0.266. The van der Waals surface area contributed by atoms with Crippen LogP contribution in [0.5, 0.6) is 0 Å². The quantitative estimate of drug-likeness (QED) is 0.833. The third-order valence-electron chi connectivity index (χ3n) is 2.39. The van der Waals surface area contributed by atoms with Crippen LogP contribution in [0, 0.1) is 0 Å². The van der Waals surface area contributed by atoms with Gasteiger partial charge >= 0.3 is 0 Å². The Labute approximate surface area is 110 Å². The Kier molecular flexibility index (Phi) is 3.79. The molecule has 5 heteroatoms. The maximum Gasteiger partial charge on any atom is 0.253 e. The molecule has 0 saturated heterocycles. The molecule has 0 aliphatic heterocycles. The average Bonchev–Trinajstić information content (AvgIpc) is 2.40. The molecule has 18 heavy (non-hydrogen) atoms. The molecule has 0 aliphatic carbocycles. The summed E-state index contributed by atoms with van der Waals surface area (Å²) in [6, 6.07) is 10.3. The first-order valence-corrected chi connectivity index (χ1v) is 5.78. The first-order valence-electron chi connectivity index (χ1n) is 5.40. The van der Waals surface area contributed by atoms with Crippen molar-refractivity contribution in [2.75, 3.05) is 5.73 Å². The van der Waals surface area contributed by atoms with Crippen molar-refractivity contribution in [2.45, 2.75) is 6.54 Å².